The molecule has 0 atom stereocenters. The largest absolute Gasteiger partial charge is 0.465 e. The van der Waals surface area contributed by atoms with Gasteiger partial charge in [0, 0.05) is 4.88 Å². The third kappa shape index (κ3) is 5.16. The van der Waals surface area contributed by atoms with E-state index in [1.165, 1.54) is 30.6 Å². The zero-order chi connectivity index (χ0) is 22.5. The Bertz CT molecular complexity index is 1240. The maximum Gasteiger partial charge on any atom is 0.340 e. The average molecular weight is 468 g/mol. The van der Waals surface area contributed by atoms with Crippen LogP contribution in [0, 0.1) is 5.82 Å². The van der Waals surface area contributed by atoms with Crippen molar-refractivity contribution in [2.24, 2.45) is 0 Å². The molecule has 2 aromatic carbocycles. The van der Waals surface area contributed by atoms with Gasteiger partial charge in [-0.05, 0) is 41.5 Å². The van der Waals surface area contributed by atoms with Crippen molar-refractivity contribution in [3.05, 3.63) is 83.9 Å². The molecule has 2 aromatic heterocycles. The van der Waals surface area contributed by atoms with E-state index in [1.807, 2.05) is 30.3 Å². The van der Waals surface area contributed by atoms with Crippen molar-refractivity contribution >= 4 is 45.6 Å². The van der Waals surface area contributed by atoms with Crippen LogP contribution in [0.1, 0.15) is 15.9 Å². The van der Waals surface area contributed by atoms with Gasteiger partial charge in [-0.3, -0.25) is 5.32 Å². The molecule has 10 heteroatoms. The van der Waals surface area contributed by atoms with E-state index in [-0.39, 0.29) is 10.9 Å². The van der Waals surface area contributed by atoms with E-state index in [1.54, 1.807) is 29.2 Å². The first-order valence-corrected chi connectivity index (χ1v) is 10.7. The van der Waals surface area contributed by atoms with Gasteiger partial charge in [-0.15, -0.1) is 16.4 Å². The summed E-state index contributed by atoms with van der Waals surface area (Å²) in [6, 6.07) is 17.7. The lowest BCUT2D eigenvalue weighted by Crippen LogP contribution is -2.20. The summed E-state index contributed by atoms with van der Waals surface area (Å²) in [6.07, 6.45) is 1.55. The first-order valence-electron chi connectivity index (χ1n) is 9.51. The standard InChI is InChI=1S/C22H18FN5O2S2/c1-30-20(29)17-11-18(15-5-3-2-4-6-15)32-19(17)25-22(31)26-21-24-13-28(27-21)12-14-7-9-16(23)10-8-14/h2-11,13H,12H2,1H3,(H2,25,26,27,31). The van der Waals surface area contributed by atoms with E-state index in [2.05, 4.69) is 20.7 Å². The summed E-state index contributed by atoms with van der Waals surface area (Å²) < 4.78 is 19.6. The minimum Gasteiger partial charge on any atom is -0.465 e. The highest BCUT2D eigenvalue weighted by molar-refractivity contribution is 7.80. The third-order valence-corrected chi connectivity index (χ3v) is 5.75. The van der Waals surface area contributed by atoms with Gasteiger partial charge in [0.05, 0.1) is 19.2 Å². The number of methoxy groups -OCH3 is 1. The van der Waals surface area contributed by atoms with E-state index >= 15 is 0 Å². The molecular weight excluding hydrogens is 449 g/mol. The van der Waals surface area contributed by atoms with Crippen LogP contribution in [-0.4, -0.2) is 33.0 Å². The number of ether oxygens (including phenoxy) is 1. The van der Waals surface area contributed by atoms with Gasteiger partial charge in [0.1, 0.15) is 17.1 Å². The highest BCUT2D eigenvalue weighted by Crippen LogP contribution is 2.35. The normalized spacial score (nSPS) is 10.6. The Labute approximate surface area is 192 Å². The number of carbonyl (C=O) groups excluding carboxylic acids is 1. The molecule has 0 bridgehead atoms. The fourth-order valence-electron chi connectivity index (χ4n) is 2.93. The second-order valence-corrected chi connectivity index (χ2v) is 8.14. The Kier molecular flexibility index (Phi) is 6.52. The Hall–Kier alpha value is -3.63. The van der Waals surface area contributed by atoms with E-state index in [4.69, 9.17) is 17.0 Å². The van der Waals surface area contributed by atoms with Crippen LogP contribution in [0.15, 0.2) is 67.0 Å². The lowest BCUT2D eigenvalue weighted by molar-refractivity contribution is 0.0602. The van der Waals surface area contributed by atoms with Crippen LogP contribution in [0.3, 0.4) is 0 Å². The molecule has 2 N–H and O–H groups in total. The summed E-state index contributed by atoms with van der Waals surface area (Å²) in [5.41, 5.74) is 2.25. The molecular formula is C22H18FN5O2S2. The highest BCUT2D eigenvalue weighted by atomic mass is 32.1. The summed E-state index contributed by atoms with van der Waals surface area (Å²) in [5.74, 6) is -0.457. The smallest absolute Gasteiger partial charge is 0.340 e. The van der Waals surface area contributed by atoms with Gasteiger partial charge < -0.3 is 10.1 Å². The number of rotatable bonds is 6. The Morgan fingerprint density at radius 2 is 1.91 bits per heavy atom. The molecule has 4 aromatic rings. The molecule has 0 radical (unpaired) electrons. The van der Waals surface area contributed by atoms with Crippen LogP contribution in [-0.2, 0) is 11.3 Å². The van der Waals surface area contributed by atoms with Gasteiger partial charge in [0.25, 0.3) is 0 Å². The number of benzene rings is 2. The van der Waals surface area contributed by atoms with Crippen molar-refractivity contribution in [2.45, 2.75) is 6.54 Å². The minimum absolute atomic E-state index is 0.233. The zero-order valence-electron chi connectivity index (χ0n) is 16.9. The molecule has 0 saturated heterocycles. The molecule has 0 amide bonds. The highest BCUT2D eigenvalue weighted by Gasteiger charge is 2.19. The molecule has 0 unspecified atom stereocenters. The van der Waals surface area contributed by atoms with Crippen molar-refractivity contribution in [2.75, 3.05) is 17.7 Å². The number of thiophene rings is 1. The Morgan fingerprint density at radius 3 is 2.62 bits per heavy atom. The minimum atomic E-state index is -0.463. The number of nitrogens with zero attached hydrogens (tertiary/aromatic N) is 3. The second-order valence-electron chi connectivity index (χ2n) is 6.68. The molecule has 0 saturated carbocycles. The molecule has 0 aliphatic rings. The molecule has 162 valence electrons. The summed E-state index contributed by atoms with van der Waals surface area (Å²) in [7, 11) is 1.33. The lowest BCUT2D eigenvalue weighted by atomic mass is 10.1. The van der Waals surface area contributed by atoms with Crippen LogP contribution in [0.4, 0.5) is 15.3 Å². The van der Waals surface area contributed by atoms with Gasteiger partial charge >= 0.3 is 5.97 Å². The van der Waals surface area contributed by atoms with E-state index in [0.717, 1.165) is 16.0 Å². The third-order valence-electron chi connectivity index (χ3n) is 4.44. The molecule has 7 nitrogen and oxygen atoms in total. The maximum absolute atomic E-state index is 13.1. The summed E-state index contributed by atoms with van der Waals surface area (Å²) in [4.78, 5) is 17.3. The van der Waals surface area contributed by atoms with Crippen molar-refractivity contribution in [1.29, 1.82) is 0 Å². The SMILES string of the molecule is COC(=O)c1cc(-c2ccccc2)sc1NC(=S)Nc1ncn(Cc2ccc(F)cc2)n1. The molecule has 4 rings (SSSR count). The van der Waals surface area contributed by atoms with Gasteiger partial charge in [0.2, 0.25) is 5.95 Å². The van der Waals surface area contributed by atoms with Crippen LogP contribution in [0.2, 0.25) is 0 Å². The molecule has 2 heterocycles. The second kappa shape index (κ2) is 9.67. The van der Waals surface area contributed by atoms with Gasteiger partial charge in [-0.2, -0.15) is 0 Å². The predicted molar refractivity (Wildman–Crippen MR) is 126 cm³/mol. The topological polar surface area (TPSA) is 81.1 Å². The number of aromatic nitrogens is 3. The van der Waals surface area contributed by atoms with E-state index in [0.29, 0.717) is 23.1 Å². The van der Waals surface area contributed by atoms with Gasteiger partial charge in [-0.1, -0.05) is 42.5 Å². The fourth-order valence-corrected chi connectivity index (χ4v) is 4.24. The number of hydrogen-bond acceptors (Lipinski definition) is 6. The van der Waals surface area contributed by atoms with E-state index in [9.17, 15) is 9.18 Å². The Balaban J connectivity index is 1.46. The van der Waals surface area contributed by atoms with Gasteiger partial charge in [0.15, 0.2) is 5.11 Å². The monoisotopic (exact) mass is 467 g/mol. The number of carbonyl (C=O) groups is 1. The number of nitrogens with one attached hydrogen (secondary N) is 2. The van der Waals surface area contributed by atoms with Crippen molar-refractivity contribution in [1.82, 2.24) is 14.8 Å². The number of hydrogen-bond donors (Lipinski definition) is 2. The number of halogens is 1. The first kappa shape index (κ1) is 21.6. The number of thiocarbonyl (C=S) groups is 1. The van der Waals surface area contributed by atoms with Gasteiger partial charge in [-0.25, -0.2) is 18.9 Å². The zero-order valence-corrected chi connectivity index (χ0v) is 18.5. The summed E-state index contributed by atoms with van der Waals surface area (Å²) in [5, 5.41) is 11.1. The maximum atomic E-state index is 13.1. The molecule has 0 aliphatic carbocycles. The predicted octanol–water partition coefficient (Wildman–Crippen LogP) is 4.79. The number of esters is 1. The van der Waals surface area contributed by atoms with Crippen LogP contribution in [0.25, 0.3) is 10.4 Å². The average Bonchev–Trinajstić information content (AvgIpc) is 3.42. The van der Waals surface area contributed by atoms with Crippen molar-refractivity contribution in [3.8, 4) is 10.4 Å². The van der Waals surface area contributed by atoms with Crippen molar-refractivity contribution < 1.29 is 13.9 Å². The summed E-state index contributed by atoms with van der Waals surface area (Å²) in [6.45, 7) is 0.437. The fraction of sp³-hybridized carbons (Fsp3) is 0.0909. The molecule has 32 heavy (non-hydrogen) atoms. The first-order chi connectivity index (χ1) is 15.5. The molecule has 0 spiro atoms. The number of anilines is 2. The lowest BCUT2D eigenvalue weighted by Gasteiger charge is -2.07. The van der Waals surface area contributed by atoms with Crippen LogP contribution >= 0.6 is 23.6 Å². The quantitative estimate of drug-likeness (QED) is 0.312. The molecule has 0 fully saturated rings. The van der Waals surface area contributed by atoms with Crippen LogP contribution < -0.4 is 10.6 Å². The summed E-state index contributed by atoms with van der Waals surface area (Å²) >= 11 is 6.77. The van der Waals surface area contributed by atoms with Crippen LogP contribution in [0.5, 0.6) is 0 Å². The van der Waals surface area contributed by atoms with Crippen molar-refractivity contribution in [3.63, 3.8) is 0 Å². The molecule has 0 aliphatic heterocycles. The van der Waals surface area contributed by atoms with E-state index < -0.39 is 5.97 Å². The Morgan fingerprint density at radius 1 is 1.16 bits per heavy atom.